The number of thiophene rings is 1. The highest BCUT2D eigenvalue weighted by molar-refractivity contribution is 7.19. The van der Waals surface area contributed by atoms with Gasteiger partial charge in [0.25, 0.3) is 0 Å². The van der Waals surface area contributed by atoms with Crippen LogP contribution in [-0.2, 0) is 17.9 Å². The molecule has 0 spiro atoms. The average molecular weight is 208 g/mol. The molecule has 2 rings (SSSR count). The molecule has 0 radical (unpaired) electrons. The van der Waals surface area contributed by atoms with Gasteiger partial charge in [-0.25, -0.2) is 4.89 Å². The van der Waals surface area contributed by atoms with Crippen LogP contribution >= 0.6 is 11.3 Å². The molecule has 0 bridgehead atoms. The maximum atomic E-state index is 8.35. The lowest BCUT2D eigenvalue weighted by molar-refractivity contribution is -0.252. The molecule has 74 valence electrons. The van der Waals surface area contributed by atoms with Crippen LogP contribution in [0.1, 0.15) is 17.4 Å². The van der Waals surface area contributed by atoms with Crippen LogP contribution in [-0.4, -0.2) is 5.26 Å². The van der Waals surface area contributed by atoms with Crippen molar-refractivity contribution in [3.05, 3.63) is 34.7 Å². The molecule has 1 aromatic heterocycles. The first-order valence-electron chi connectivity index (χ1n) is 4.61. The van der Waals surface area contributed by atoms with Gasteiger partial charge in [0, 0.05) is 9.58 Å². The Labute approximate surface area is 86.7 Å². The quantitative estimate of drug-likeness (QED) is 0.618. The largest absolute Gasteiger partial charge is 0.251 e. The summed E-state index contributed by atoms with van der Waals surface area (Å²) in [6, 6.07) is 8.52. The lowest BCUT2D eigenvalue weighted by Crippen LogP contribution is -1.80. The average Bonchev–Trinajstić information content (AvgIpc) is 2.59. The molecule has 1 aromatic carbocycles. The summed E-state index contributed by atoms with van der Waals surface area (Å²) in [6.07, 6.45) is 1.05. The number of rotatable bonds is 3. The smallest absolute Gasteiger partial charge is 0.116 e. The molecule has 0 saturated heterocycles. The summed E-state index contributed by atoms with van der Waals surface area (Å²) in [4.78, 5) is 5.18. The first-order chi connectivity index (χ1) is 6.83. The van der Waals surface area contributed by atoms with Crippen LogP contribution in [0.3, 0.4) is 0 Å². The van der Waals surface area contributed by atoms with Crippen LogP contribution in [0.2, 0.25) is 0 Å². The van der Waals surface area contributed by atoms with E-state index in [0.717, 1.165) is 11.3 Å². The molecule has 0 amide bonds. The third kappa shape index (κ3) is 1.80. The summed E-state index contributed by atoms with van der Waals surface area (Å²) in [7, 11) is 0. The molecule has 0 aliphatic heterocycles. The maximum Gasteiger partial charge on any atom is 0.116 e. The van der Waals surface area contributed by atoms with Crippen LogP contribution in [0.25, 0.3) is 10.1 Å². The van der Waals surface area contributed by atoms with Gasteiger partial charge in [-0.05, 0) is 29.5 Å². The molecular formula is C11H12O2S. The molecule has 0 fully saturated rings. The molecule has 2 nitrogen and oxygen atoms in total. The Bertz CT molecular complexity index is 434. The minimum atomic E-state index is 0.279. The van der Waals surface area contributed by atoms with E-state index in [1.807, 2.05) is 0 Å². The number of aryl methyl sites for hydroxylation is 1. The predicted molar refractivity (Wildman–Crippen MR) is 58.6 cm³/mol. The van der Waals surface area contributed by atoms with Crippen molar-refractivity contribution in [2.45, 2.75) is 20.0 Å². The normalized spacial score (nSPS) is 11.0. The van der Waals surface area contributed by atoms with Crippen molar-refractivity contribution < 1.29 is 10.1 Å². The van der Waals surface area contributed by atoms with Gasteiger partial charge < -0.3 is 0 Å². The lowest BCUT2D eigenvalue weighted by Gasteiger charge is -1.94. The van der Waals surface area contributed by atoms with E-state index in [-0.39, 0.29) is 6.61 Å². The van der Waals surface area contributed by atoms with Crippen LogP contribution in [0.5, 0.6) is 0 Å². The molecule has 0 saturated carbocycles. The molecule has 3 heteroatoms. The Morgan fingerprint density at radius 2 is 2.21 bits per heavy atom. The van der Waals surface area contributed by atoms with Crippen LogP contribution in [0.4, 0.5) is 0 Å². The standard InChI is InChI=1S/C11H12O2S/c1-2-8-3-4-11-9(5-8)6-10(14-11)7-13-12/h3-6,12H,2,7H2,1H3. The van der Waals surface area contributed by atoms with E-state index in [1.165, 1.54) is 15.6 Å². The summed E-state index contributed by atoms with van der Waals surface area (Å²) in [5, 5.41) is 9.59. The third-order valence-corrected chi connectivity index (χ3v) is 3.34. The maximum absolute atomic E-state index is 8.35. The van der Waals surface area contributed by atoms with Crippen molar-refractivity contribution in [3.63, 3.8) is 0 Å². The predicted octanol–water partition coefficient (Wildman–Crippen LogP) is 3.45. The first kappa shape index (κ1) is 9.65. The Balaban J connectivity index is 2.43. The van der Waals surface area contributed by atoms with E-state index in [0.29, 0.717) is 0 Å². The van der Waals surface area contributed by atoms with Crippen molar-refractivity contribution in [1.29, 1.82) is 0 Å². The van der Waals surface area contributed by atoms with E-state index in [2.05, 4.69) is 36.1 Å². The Morgan fingerprint density at radius 1 is 1.36 bits per heavy atom. The molecule has 0 aliphatic carbocycles. The number of hydrogen-bond donors (Lipinski definition) is 1. The van der Waals surface area contributed by atoms with E-state index in [1.54, 1.807) is 11.3 Å². The second-order valence-corrected chi connectivity index (χ2v) is 4.38. The summed E-state index contributed by atoms with van der Waals surface area (Å²) >= 11 is 1.66. The number of fused-ring (bicyclic) bond motifs is 1. The topological polar surface area (TPSA) is 29.5 Å². The zero-order valence-electron chi connectivity index (χ0n) is 7.99. The van der Waals surface area contributed by atoms with E-state index in [9.17, 15) is 0 Å². The van der Waals surface area contributed by atoms with E-state index >= 15 is 0 Å². The van der Waals surface area contributed by atoms with E-state index in [4.69, 9.17) is 5.26 Å². The molecule has 1 heterocycles. The van der Waals surface area contributed by atoms with Crippen molar-refractivity contribution in [1.82, 2.24) is 0 Å². The van der Waals surface area contributed by atoms with Gasteiger partial charge in [0.1, 0.15) is 6.61 Å². The molecular weight excluding hydrogens is 196 g/mol. The third-order valence-electron chi connectivity index (χ3n) is 2.25. The van der Waals surface area contributed by atoms with Crippen LogP contribution < -0.4 is 0 Å². The fourth-order valence-corrected chi connectivity index (χ4v) is 2.45. The molecule has 1 N–H and O–H groups in total. The highest BCUT2D eigenvalue weighted by atomic mass is 32.1. The van der Waals surface area contributed by atoms with Crippen molar-refractivity contribution in [2.24, 2.45) is 0 Å². The number of benzene rings is 1. The first-order valence-corrected chi connectivity index (χ1v) is 5.43. The zero-order valence-corrected chi connectivity index (χ0v) is 8.80. The van der Waals surface area contributed by atoms with Gasteiger partial charge in [0.2, 0.25) is 0 Å². The van der Waals surface area contributed by atoms with Crippen LogP contribution in [0.15, 0.2) is 24.3 Å². The molecule has 0 unspecified atom stereocenters. The van der Waals surface area contributed by atoms with Gasteiger partial charge in [0.15, 0.2) is 0 Å². The van der Waals surface area contributed by atoms with Crippen LogP contribution in [0, 0.1) is 0 Å². The summed E-state index contributed by atoms with van der Waals surface area (Å²) < 4.78 is 1.24. The van der Waals surface area contributed by atoms with Crippen molar-refractivity contribution >= 4 is 21.4 Å². The minimum absolute atomic E-state index is 0.279. The minimum Gasteiger partial charge on any atom is -0.251 e. The van der Waals surface area contributed by atoms with Gasteiger partial charge in [-0.2, -0.15) is 0 Å². The zero-order chi connectivity index (χ0) is 9.97. The highest BCUT2D eigenvalue weighted by Crippen LogP contribution is 2.27. The number of hydrogen-bond acceptors (Lipinski definition) is 3. The summed E-state index contributed by atoms with van der Waals surface area (Å²) in [5.74, 6) is 0. The van der Waals surface area contributed by atoms with Gasteiger partial charge in [-0.1, -0.05) is 19.1 Å². The Hall–Kier alpha value is -0.900. The second kappa shape index (κ2) is 4.09. The van der Waals surface area contributed by atoms with Gasteiger partial charge in [0.05, 0.1) is 0 Å². The monoisotopic (exact) mass is 208 g/mol. The van der Waals surface area contributed by atoms with Gasteiger partial charge in [-0.3, -0.25) is 5.26 Å². The Kier molecular flexibility index (Phi) is 2.82. The summed E-state index contributed by atoms with van der Waals surface area (Å²) in [5.41, 5.74) is 1.34. The molecule has 14 heavy (non-hydrogen) atoms. The van der Waals surface area contributed by atoms with Gasteiger partial charge >= 0.3 is 0 Å². The molecule has 0 atom stereocenters. The second-order valence-electron chi connectivity index (χ2n) is 3.21. The lowest BCUT2D eigenvalue weighted by atomic mass is 10.1. The fourth-order valence-electron chi connectivity index (χ4n) is 1.50. The SMILES string of the molecule is CCc1ccc2sc(COO)cc2c1. The highest BCUT2D eigenvalue weighted by Gasteiger charge is 2.02. The van der Waals surface area contributed by atoms with E-state index < -0.39 is 0 Å². The van der Waals surface area contributed by atoms with Crippen molar-refractivity contribution in [2.75, 3.05) is 0 Å². The fraction of sp³-hybridized carbons (Fsp3) is 0.273. The Morgan fingerprint density at radius 3 is 2.93 bits per heavy atom. The molecule has 0 aliphatic rings. The van der Waals surface area contributed by atoms with Gasteiger partial charge in [-0.15, -0.1) is 11.3 Å². The van der Waals surface area contributed by atoms with Crippen molar-refractivity contribution in [3.8, 4) is 0 Å². The summed E-state index contributed by atoms with van der Waals surface area (Å²) in [6.45, 7) is 2.42. The molecule has 2 aromatic rings.